The summed E-state index contributed by atoms with van der Waals surface area (Å²) in [5.41, 5.74) is 3.97. The van der Waals surface area contributed by atoms with Crippen LogP contribution in [0.5, 0.6) is 0 Å². The van der Waals surface area contributed by atoms with E-state index in [4.69, 9.17) is 23.2 Å². The van der Waals surface area contributed by atoms with E-state index in [1.54, 1.807) is 16.8 Å². The number of carbonyl (C=O) groups is 1. The summed E-state index contributed by atoms with van der Waals surface area (Å²) in [6.07, 6.45) is 0. The summed E-state index contributed by atoms with van der Waals surface area (Å²) in [6, 6.07) is 20.3. The molecule has 1 amide bonds. The molecule has 0 aliphatic rings. The Kier molecular flexibility index (Phi) is 5.57. The summed E-state index contributed by atoms with van der Waals surface area (Å²) in [6.45, 7) is 3.82. The van der Waals surface area contributed by atoms with Crippen LogP contribution in [0.3, 0.4) is 0 Å². The molecule has 5 nitrogen and oxygen atoms in total. The molecule has 1 heterocycles. The van der Waals surface area contributed by atoms with E-state index in [0.717, 1.165) is 22.4 Å². The highest BCUT2D eigenvalue weighted by Crippen LogP contribution is 2.28. The standard InChI is InChI=1S/C23H18Cl2N4O/c1-14-7-3-4-11-19(14)26-23(30)21-27-22(16-8-5-9-17(24)13-16)29(28-21)20-12-6-10-18(25)15(20)2/h3-13H,1-2H3,(H,26,30). The van der Waals surface area contributed by atoms with E-state index in [9.17, 15) is 4.79 Å². The molecule has 3 aromatic carbocycles. The van der Waals surface area contributed by atoms with Crippen LogP contribution >= 0.6 is 23.2 Å². The molecule has 150 valence electrons. The number of amides is 1. The van der Waals surface area contributed by atoms with Gasteiger partial charge in [-0.05, 0) is 55.3 Å². The van der Waals surface area contributed by atoms with Gasteiger partial charge in [0, 0.05) is 21.3 Å². The monoisotopic (exact) mass is 436 g/mol. The molecule has 0 bridgehead atoms. The smallest absolute Gasteiger partial charge is 0.295 e. The lowest BCUT2D eigenvalue weighted by Crippen LogP contribution is -2.15. The van der Waals surface area contributed by atoms with Gasteiger partial charge in [0.25, 0.3) is 5.91 Å². The minimum atomic E-state index is -0.397. The van der Waals surface area contributed by atoms with Crippen LogP contribution in [-0.4, -0.2) is 20.7 Å². The van der Waals surface area contributed by atoms with Gasteiger partial charge < -0.3 is 5.32 Å². The third-order valence-electron chi connectivity index (χ3n) is 4.75. The quantitative estimate of drug-likeness (QED) is 0.419. The third kappa shape index (κ3) is 3.95. The number of benzene rings is 3. The largest absolute Gasteiger partial charge is 0.319 e. The number of anilines is 1. The predicted molar refractivity (Wildman–Crippen MR) is 121 cm³/mol. The van der Waals surface area contributed by atoms with Gasteiger partial charge in [-0.2, -0.15) is 0 Å². The number of hydrogen-bond donors (Lipinski definition) is 1. The van der Waals surface area contributed by atoms with E-state index in [1.165, 1.54) is 0 Å². The third-order valence-corrected chi connectivity index (χ3v) is 5.40. The molecule has 0 aliphatic heterocycles. The van der Waals surface area contributed by atoms with Gasteiger partial charge in [0.05, 0.1) is 5.69 Å². The molecule has 0 radical (unpaired) electrons. The van der Waals surface area contributed by atoms with Gasteiger partial charge in [-0.15, -0.1) is 5.10 Å². The highest BCUT2D eigenvalue weighted by Gasteiger charge is 2.21. The molecule has 0 fully saturated rings. The molecule has 0 aliphatic carbocycles. The van der Waals surface area contributed by atoms with Crippen LogP contribution in [0, 0.1) is 13.8 Å². The van der Waals surface area contributed by atoms with Crippen molar-refractivity contribution in [1.82, 2.24) is 14.8 Å². The minimum absolute atomic E-state index is 0.0487. The van der Waals surface area contributed by atoms with E-state index < -0.39 is 5.91 Å². The predicted octanol–water partition coefficient (Wildman–Crippen LogP) is 6.11. The zero-order valence-electron chi connectivity index (χ0n) is 16.4. The molecular formula is C23H18Cl2N4O. The van der Waals surface area contributed by atoms with E-state index in [1.807, 2.05) is 68.4 Å². The average Bonchev–Trinajstić information content (AvgIpc) is 3.17. The van der Waals surface area contributed by atoms with Crippen molar-refractivity contribution >= 4 is 34.8 Å². The lowest BCUT2D eigenvalue weighted by Gasteiger charge is -2.10. The number of carbonyl (C=O) groups excluding carboxylic acids is 1. The Bertz CT molecular complexity index is 1250. The van der Waals surface area contributed by atoms with Gasteiger partial charge in [0.15, 0.2) is 5.82 Å². The van der Waals surface area contributed by atoms with E-state index in [2.05, 4.69) is 15.4 Å². The number of rotatable bonds is 4. The number of hydrogen-bond acceptors (Lipinski definition) is 3. The van der Waals surface area contributed by atoms with Crippen molar-refractivity contribution in [2.24, 2.45) is 0 Å². The molecule has 1 aromatic heterocycles. The lowest BCUT2D eigenvalue weighted by atomic mass is 10.1. The van der Waals surface area contributed by atoms with Gasteiger partial charge in [-0.25, -0.2) is 9.67 Å². The second kappa shape index (κ2) is 8.30. The molecule has 1 N–H and O–H groups in total. The molecular weight excluding hydrogens is 419 g/mol. The van der Waals surface area contributed by atoms with Crippen LogP contribution in [0.2, 0.25) is 10.0 Å². The van der Waals surface area contributed by atoms with Crippen LogP contribution in [-0.2, 0) is 0 Å². The van der Waals surface area contributed by atoms with Gasteiger partial charge in [0.2, 0.25) is 5.82 Å². The number of para-hydroxylation sites is 1. The van der Waals surface area contributed by atoms with Crippen molar-refractivity contribution in [3.63, 3.8) is 0 Å². The maximum absolute atomic E-state index is 12.9. The van der Waals surface area contributed by atoms with Gasteiger partial charge in [-0.1, -0.05) is 59.6 Å². The van der Waals surface area contributed by atoms with Crippen molar-refractivity contribution in [3.05, 3.63) is 93.7 Å². The summed E-state index contributed by atoms with van der Waals surface area (Å²) in [5, 5.41) is 8.55. The van der Waals surface area contributed by atoms with Crippen LogP contribution in [0.15, 0.2) is 66.7 Å². The fourth-order valence-electron chi connectivity index (χ4n) is 3.11. The van der Waals surface area contributed by atoms with Crippen LogP contribution in [0.4, 0.5) is 5.69 Å². The Labute approximate surface area is 184 Å². The summed E-state index contributed by atoms with van der Waals surface area (Å²) in [5.74, 6) is 0.149. The number of aryl methyl sites for hydroxylation is 1. The van der Waals surface area contributed by atoms with Crippen molar-refractivity contribution in [2.75, 3.05) is 5.32 Å². The Morgan fingerprint density at radius 3 is 2.50 bits per heavy atom. The van der Waals surface area contributed by atoms with E-state index >= 15 is 0 Å². The molecule has 4 rings (SSSR count). The van der Waals surface area contributed by atoms with Gasteiger partial charge >= 0.3 is 0 Å². The van der Waals surface area contributed by atoms with Crippen LogP contribution < -0.4 is 5.32 Å². The topological polar surface area (TPSA) is 59.8 Å². The molecule has 0 saturated heterocycles. The summed E-state index contributed by atoms with van der Waals surface area (Å²) < 4.78 is 1.62. The second-order valence-corrected chi connectivity index (χ2v) is 7.68. The fourth-order valence-corrected chi connectivity index (χ4v) is 3.47. The Hall–Kier alpha value is -3.15. The normalized spacial score (nSPS) is 10.8. The zero-order chi connectivity index (χ0) is 21.3. The molecule has 7 heteroatoms. The summed E-state index contributed by atoms with van der Waals surface area (Å²) >= 11 is 12.5. The van der Waals surface area contributed by atoms with Crippen molar-refractivity contribution in [1.29, 1.82) is 0 Å². The molecule has 0 spiro atoms. The van der Waals surface area contributed by atoms with Crippen molar-refractivity contribution < 1.29 is 4.79 Å². The second-order valence-electron chi connectivity index (χ2n) is 6.83. The van der Waals surface area contributed by atoms with Crippen molar-refractivity contribution in [3.8, 4) is 17.1 Å². The first-order valence-electron chi connectivity index (χ1n) is 9.29. The van der Waals surface area contributed by atoms with E-state index in [0.29, 0.717) is 21.6 Å². The summed E-state index contributed by atoms with van der Waals surface area (Å²) in [7, 11) is 0. The van der Waals surface area contributed by atoms with Gasteiger partial charge in [-0.3, -0.25) is 4.79 Å². The highest BCUT2D eigenvalue weighted by atomic mass is 35.5. The first kappa shape index (κ1) is 20.1. The first-order chi connectivity index (χ1) is 14.4. The minimum Gasteiger partial charge on any atom is -0.319 e. The lowest BCUT2D eigenvalue weighted by molar-refractivity contribution is 0.101. The maximum Gasteiger partial charge on any atom is 0.295 e. The fraction of sp³-hybridized carbons (Fsp3) is 0.0870. The molecule has 30 heavy (non-hydrogen) atoms. The number of aromatic nitrogens is 3. The number of nitrogens with one attached hydrogen (secondary N) is 1. The number of nitrogens with zero attached hydrogens (tertiary/aromatic N) is 3. The summed E-state index contributed by atoms with van der Waals surface area (Å²) in [4.78, 5) is 17.4. The highest BCUT2D eigenvalue weighted by molar-refractivity contribution is 6.31. The van der Waals surface area contributed by atoms with Crippen molar-refractivity contribution in [2.45, 2.75) is 13.8 Å². The average molecular weight is 437 g/mol. The molecule has 0 saturated carbocycles. The Morgan fingerprint density at radius 2 is 1.73 bits per heavy atom. The van der Waals surface area contributed by atoms with E-state index in [-0.39, 0.29) is 5.82 Å². The Balaban J connectivity index is 1.83. The maximum atomic E-state index is 12.9. The zero-order valence-corrected chi connectivity index (χ0v) is 17.9. The molecule has 0 unspecified atom stereocenters. The van der Waals surface area contributed by atoms with Crippen LogP contribution in [0.25, 0.3) is 17.1 Å². The molecule has 4 aromatic rings. The van der Waals surface area contributed by atoms with Gasteiger partial charge in [0.1, 0.15) is 0 Å². The Morgan fingerprint density at radius 1 is 0.967 bits per heavy atom. The first-order valence-corrected chi connectivity index (χ1v) is 10.0. The molecule has 0 atom stereocenters. The SMILES string of the molecule is Cc1ccccc1NC(=O)c1nc(-c2cccc(Cl)c2)n(-c2cccc(Cl)c2C)n1. The number of halogens is 2. The van der Waals surface area contributed by atoms with Crippen LogP contribution in [0.1, 0.15) is 21.7 Å².